The van der Waals surface area contributed by atoms with E-state index in [4.69, 9.17) is 0 Å². The molecule has 9 heavy (non-hydrogen) atoms. The topological polar surface area (TPSA) is 0 Å². The second kappa shape index (κ2) is 3.92. The van der Waals surface area contributed by atoms with E-state index >= 15 is 0 Å². The predicted molar refractivity (Wildman–Crippen MR) is 43.1 cm³/mol. The van der Waals surface area contributed by atoms with E-state index in [9.17, 15) is 0 Å². The largest absolute Gasteiger partial charge is 0.0625 e. The minimum atomic E-state index is 0.613. The SMILES string of the molecule is [CH2]C(C)CC(C)C(C)C. The summed E-state index contributed by atoms with van der Waals surface area (Å²) < 4.78 is 0. The molecule has 2 unspecified atom stereocenters. The number of hydrogen-bond acceptors (Lipinski definition) is 0. The summed E-state index contributed by atoms with van der Waals surface area (Å²) in [5.74, 6) is 2.26. The van der Waals surface area contributed by atoms with Crippen molar-refractivity contribution in [2.24, 2.45) is 17.8 Å². The Morgan fingerprint density at radius 3 is 1.67 bits per heavy atom. The summed E-state index contributed by atoms with van der Waals surface area (Å²) >= 11 is 0. The van der Waals surface area contributed by atoms with Crippen LogP contribution in [0.1, 0.15) is 34.1 Å². The fourth-order valence-electron chi connectivity index (χ4n) is 0.907. The summed E-state index contributed by atoms with van der Waals surface area (Å²) in [6.45, 7) is 13.0. The summed E-state index contributed by atoms with van der Waals surface area (Å²) in [6.07, 6.45) is 1.26. The molecule has 0 fully saturated rings. The molecule has 0 amide bonds. The molecule has 0 aromatic heterocycles. The van der Waals surface area contributed by atoms with E-state index in [-0.39, 0.29) is 0 Å². The Morgan fingerprint density at radius 2 is 1.56 bits per heavy atom. The molecule has 1 radical (unpaired) electrons. The van der Waals surface area contributed by atoms with Crippen LogP contribution in [0.2, 0.25) is 0 Å². The van der Waals surface area contributed by atoms with Gasteiger partial charge in [0.25, 0.3) is 0 Å². The first-order valence-electron chi connectivity index (χ1n) is 3.87. The lowest BCUT2D eigenvalue weighted by atomic mass is 9.90. The van der Waals surface area contributed by atoms with Crippen LogP contribution in [0.4, 0.5) is 0 Å². The minimum absolute atomic E-state index is 0.613. The van der Waals surface area contributed by atoms with Crippen molar-refractivity contribution in [3.05, 3.63) is 6.92 Å². The molecule has 0 heterocycles. The maximum Gasteiger partial charge on any atom is -0.0417 e. The smallest absolute Gasteiger partial charge is 0.0417 e. The lowest BCUT2D eigenvalue weighted by Gasteiger charge is -2.16. The van der Waals surface area contributed by atoms with Gasteiger partial charge < -0.3 is 0 Å². The highest BCUT2D eigenvalue weighted by molar-refractivity contribution is 4.62. The van der Waals surface area contributed by atoms with E-state index in [0.717, 1.165) is 11.8 Å². The van der Waals surface area contributed by atoms with E-state index in [1.165, 1.54) is 6.42 Å². The molecule has 0 aliphatic carbocycles. The molecule has 0 aliphatic heterocycles. The average Bonchev–Trinajstić information content (AvgIpc) is 1.63. The average molecular weight is 127 g/mol. The highest BCUT2D eigenvalue weighted by Gasteiger charge is 2.07. The van der Waals surface area contributed by atoms with Crippen molar-refractivity contribution in [2.45, 2.75) is 34.1 Å². The van der Waals surface area contributed by atoms with Crippen LogP contribution in [0.25, 0.3) is 0 Å². The van der Waals surface area contributed by atoms with Crippen LogP contribution in [-0.4, -0.2) is 0 Å². The van der Waals surface area contributed by atoms with Gasteiger partial charge in [0, 0.05) is 0 Å². The standard InChI is InChI=1S/C9H19/c1-7(2)6-9(5)8(3)4/h7-9H,1,6H2,2-5H3. The Balaban J connectivity index is 3.38. The van der Waals surface area contributed by atoms with Gasteiger partial charge in [-0.2, -0.15) is 0 Å². The van der Waals surface area contributed by atoms with Crippen molar-refractivity contribution in [3.8, 4) is 0 Å². The summed E-state index contributed by atoms with van der Waals surface area (Å²) in [4.78, 5) is 0. The summed E-state index contributed by atoms with van der Waals surface area (Å²) in [5, 5.41) is 0. The molecule has 0 nitrogen and oxygen atoms in total. The zero-order valence-electron chi connectivity index (χ0n) is 7.15. The fourth-order valence-corrected chi connectivity index (χ4v) is 0.907. The second-order valence-corrected chi connectivity index (χ2v) is 3.56. The van der Waals surface area contributed by atoms with Crippen molar-refractivity contribution < 1.29 is 0 Å². The maximum absolute atomic E-state index is 3.96. The van der Waals surface area contributed by atoms with E-state index in [2.05, 4.69) is 34.6 Å². The molecule has 0 N–H and O–H groups in total. The van der Waals surface area contributed by atoms with E-state index in [1.807, 2.05) is 0 Å². The lowest BCUT2D eigenvalue weighted by Crippen LogP contribution is -2.06. The molecule has 0 aromatic carbocycles. The van der Waals surface area contributed by atoms with Crippen molar-refractivity contribution in [3.63, 3.8) is 0 Å². The van der Waals surface area contributed by atoms with Gasteiger partial charge in [0.15, 0.2) is 0 Å². The molecule has 0 aromatic rings. The van der Waals surface area contributed by atoms with Gasteiger partial charge in [-0.3, -0.25) is 0 Å². The molecule has 0 rings (SSSR count). The lowest BCUT2D eigenvalue weighted by molar-refractivity contribution is 0.357. The van der Waals surface area contributed by atoms with Crippen LogP contribution in [0.5, 0.6) is 0 Å². The Kier molecular flexibility index (Phi) is 3.92. The third-order valence-electron chi connectivity index (χ3n) is 1.91. The fraction of sp³-hybridized carbons (Fsp3) is 0.889. The summed E-state index contributed by atoms with van der Waals surface area (Å²) in [7, 11) is 0. The molecule has 0 aliphatic rings. The van der Waals surface area contributed by atoms with Gasteiger partial charge in [0.1, 0.15) is 0 Å². The van der Waals surface area contributed by atoms with Gasteiger partial charge in [-0.25, -0.2) is 0 Å². The van der Waals surface area contributed by atoms with Crippen LogP contribution in [0.3, 0.4) is 0 Å². The van der Waals surface area contributed by atoms with E-state index in [0.29, 0.717) is 5.92 Å². The highest BCUT2D eigenvalue weighted by Crippen LogP contribution is 2.18. The first kappa shape index (κ1) is 9.00. The number of hydrogen-bond donors (Lipinski definition) is 0. The second-order valence-electron chi connectivity index (χ2n) is 3.56. The third kappa shape index (κ3) is 4.50. The van der Waals surface area contributed by atoms with Crippen LogP contribution in [0.15, 0.2) is 0 Å². The molecule has 0 saturated heterocycles. The molecule has 0 saturated carbocycles. The van der Waals surface area contributed by atoms with Crippen LogP contribution in [-0.2, 0) is 0 Å². The Bertz CT molecular complexity index is 62.4. The van der Waals surface area contributed by atoms with Gasteiger partial charge >= 0.3 is 0 Å². The van der Waals surface area contributed by atoms with Crippen molar-refractivity contribution in [1.82, 2.24) is 0 Å². The van der Waals surface area contributed by atoms with Gasteiger partial charge in [0.2, 0.25) is 0 Å². The molecular formula is C9H19. The molecule has 0 bridgehead atoms. The third-order valence-corrected chi connectivity index (χ3v) is 1.91. The summed E-state index contributed by atoms with van der Waals surface area (Å²) in [6, 6.07) is 0. The van der Waals surface area contributed by atoms with E-state index in [1.54, 1.807) is 0 Å². The molecule has 0 spiro atoms. The van der Waals surface area contributed by atoms with Gasteiger partial charge in [-0.15, -0.1) is 0 Å². The minimum Gasteiger partial charge on any atom is -0.0625 e. The highest BCUT2D eigenvalue weighted by atomic mass is 14.1. The molecular weight excluding hydrogens is 108 g/mol. The molecule has 0 heteroatoms. The van der Waals surface area contributed by atoms with Crippen LogP contribution < -0.4 is 0 Å². The van der Waals surface area contributed by atoms with Gasteiger partial charge in [0.05, 0.1) is 0 Å². The van der Waals surface area contributed by atoms with E-state index < -0.39 is 0 Å². The first-order chi connectivity index (χ1) is 4.04. The Morgan fingerprint density at radius 1 is 1.11 bits per heavy atom. The van der Waals surface area contributed by atoms with Crippen LogP contribution in [0, 0.1) is 24.7 Å². The maximum atomic E-state index is 3.96. The Hall–Kier alpha value is 0. The van der Waals surface area contributed by atoms with Crippen molar-refractivity contribution in [2.75, 3.05) is 0 Å². The Labute approximate surface area is 59.7 Å². The van der Waals surface area contributed by atoms with Crippen LogP contribution >= 0.6 is 0 Å². The monoisotopic (exact) mass is 127 g/mol. The normalized spacial score (nSPS) is 15.0. The quantitative estimate of drug-likeness (QED) is 0.546. The predicted octanol–water partition coefficient (Wildman–Crippen LogP) is 3.14. The zero-order valence-corrected chi connectivity index (χ0v) is 7.15. The summed E-state index contributed by atoms with van der Waals surface area (Å²) in [5.41, 5.74) is 0. The van der Waals surface area contributed by atoms with Crippen molar-refractivity contribution in [1.29, 1.82) is 0 Å². The van der Waals surface area contributed by atoms with Gasteiger partial charge in [-0.1, -0.05) is 34.6 Å². The molecule has 2 atom stereocenters. The molecule has 55 valence electrons. The van der Waals surface area contributed by atoms with Crippen molar-refractivity contribution >= 4 is 0 Å². The zero-order chi connectivity index (χ0) is 7.44. The number of rotatable bonds is 3. The van der Waals surface area contributed by atoms with Gasteiger partial charge in [-0.05, 0) is 24.2 Å². The first-order valence-corrected chi connectivity index (χ1v) is 3.87.